The van der Waals surface area contributed by atoms with Crippen molar-refractivity contribution < 1.29 is 9.53 Å². The van der Waals surface area contributed by atoms with E-state index < -0.39 is 5.41 Å². The number of carbonyl (C=O) groups is 1. The van der Waals surface area contributed by atoms with Gasteiger partial charge < -0.3 is 9.64 Å². The van der Waals surface area contributed by atoms with Crippen LogP contribution in [0.25, 0.3) is 0 Å². The van der Waals surface area contributed by atoms with Crippen LogP contribution in [0.15, 0.2) is 47.3 Å². The van der Waals surface area contributed by atoms with Crippen LogP contribution in [0.5, 0.6) is 0 Å². The van der Waals surface area contributed by atoms with Crippen molar-refractivity contribution in [3.63, 3.8) is 0 Å². The second-order valence-electron chi connectivity index (χ2n) is 9.63. The summed E-state index contributed by atoms with van der Waals surface area (Å²) in [6.07, 6.45) is 1.43. The Morgan fingerprint density at radius 1 is 1.10 bits per heavy atom. The van der Waals surface area contributed by atoms with E-state index in [0.29, 0.717) is 45.7 Å². The highest BCUT2D eigenvalue weighted by Crippen LogP contribution is 2.38. The van der Waals surface area contributed by atoms with Gasteiger partial charge in [0.05, 0.1) is 17.7 Å². The Hall–Kier alpha value is -2.47. The van der Waals surface area contributed by atoms with E-state index in [1.54, 1.807) is 10.7 Å². The molecule has 0 spiro atoms. The summed E-state index contributed by atoms with van der Waals surface area (Å²) >= 11 is 0. The van der Waals surface area contributed by atoms with Crippen LogP contribution in [0.2, 0.25) is 0 Å². The van der Waals surface area contributed by atoms with Gasteiger partial charge in [0, 0.05) is 43.7 Å². The number of benzene rings is 1. The summed E-state index contributed by atoms with van der Waals surface area (Å²) in [5.74, 6) is 0.444. The Morgan fingerprint density at radius 3 is 2.40 bits per heavy atom. The van der Waals surface area contributed by atoms with Crippen LogP contribution < -0.4 is 5.56 Å². The smallest absolute Gasteiger partial charge is 0.266 e. The maximum atomic E-state index is 13.5. The lowest BCUT2D eigenvalue weighted by Crippen LogP contribution is -2.59. The van der Waals surface area contributed by atoms with Gasteiger partial charge in [0.25, 0.3) is 5.56 Å². The van der Waals surface area contributed by atoms with Crippen LogP contribution in [0, 0.1) is 5.92 Å². The number of amides is 1. The van der Waals surface area contributed by atoms with E-state index in [9.17, 15) is 9.59 Å². The van der Waals surface area contributed by atoms with E-state index in [0.717, 1.165) is 11.3 Å². The van der Waals surface area contributed by atoms with Gasteiger partial charge in [-0.3, -0.25) is 9.59 Å². The van der Waals surface area contributed by atoms with E-state index in [1.165, 1.54) is 0 Å². The average molecular weight is 410 g/mol. The molecule has 0 aliphatic carbocycles. The van der Waals surface area contributed by atoms with Gasteiger partial charge in [0.15, 0.2) is 0 Å². The Bertz CT molecular complexity index is 950. The first-order valence-corrected chi connectivity index (χ1v) is 10.8. The molecule has 30 heavy (non-hydrogen) atoms. The molecule has 0 unspecified atom stereocenters. The highest BCUT2D eigenvalue weighted by Gasteiger charge is 2.46. The maximum absolute atomic E-state index is 13.5. The molecule has 4 rings (SSSR count). The molecule has 0 N–H and O–H groups in total. The van der Waals surface area contributed by atoms with Crippen molar-refractivity contribution >= 4 is 5.91 Å². The number of aromatic nitrogens is 2. The number of ether oxygens (including phenoxy) is 1. The van der Waals surface area contributed by atoms with Crippen molar-refractivity contribution in [3.8, 4) is 0 Å². The largest absolute Gasteiger partial charge is 0.381 e. The first-order valence-electron chi connectivity index (χ1n) is 10.8. The molecule has 1 amide bonds. The summed E-state index contributed by atoms with van der Waals surface area (Å²) in [4.78, 5) is 27.8. The van der Waals surface area contributed by atoms with Crippen molar-refractivity contribution in [1.82, 2.24) is 14.7 Å². The normalized spacial score (nSPS) is 19.4. The third-order valence-electron chi connectivity index (χ3n) is 6.39. The van der Waals surface area contributed by atoms with Crippen molar-refractivity contribution in [1.29, 1.82) is 0 Å². The SMILES string of the molecule is CC(C)(C)c1ccc(=O)n(CC2CN(C(=O)C3(c4ccccc4)CCOCC3)C2)n1. The van der Waals surface area contributed by atoms with Crippen LogP contribution >= 0.6 is 0 Å². The van der Waals surface area contributed by atoms with E-state index >= 15 is 0 Å². The van der Waals surface area contributed by atoms with E-state index in [2.05, 4.69) is 38.0 Å². The summed E-state index contributed by atoms with van der Waals surface area (Å²) in [5, 5.41) is 4.57. The number of carbonyl (C=O) groups excluding carboxylic acids is 1. The lowest BCUT2D eigenvalue weighted by molar-refractivity contribution is -0.148. The molecule has 0 radical (unpaired) electrons. The molecule has 0 saturated carbocycles. The number of rotatable bonds is 4. The van der Waals surface area contributed by atoms with Crippen LogP contribution in [0.4, 0.5) is 0 Å². The fourth-order valence-corrected chi connectivity index (χ4v) is 4.48. The zero-order chi connectivity index (χ0) is 21.4. The fraction of sp³-hybridized carbons (Fsp3) is 0.542. The van der Waals surface area contributed by atoms with Gasteiger partial charge in [-0.15, -0.1) is 0 Å². The standard InChI is InChI=1S/C24H31N3O3/c1-23(2,3)20-9-10-21(28)27(25-20)17-18-15-26(16-18)22(29)24(11-13-30-14-12-24)19-7-5-4-6-8-19/h4-10,18H,11-17H2,1-3H3. The molecule has 6 heteroatoms. The van der Waals surface area contributed by atoms with E-state index in [-0.39, 0.29) is 22.8 Å². The van der Waals surface area contributed by atoms with E-state index in [1.807, 2.05) is 29.2 Å². The molecule has 160 valence electrons. The third-order valence-corrected chi connectivity index (χ3v) is 6.39. The van der Waals surface area contributed by atoms with Gasteiger partial charge in [0.1, 0.15) is 0 Å². The predicted octanol–water partition coefficient (Wildman–Crippen LogP) is 2.75. The van der Waals surface area contributed by atoms with Gasteiger partial charge in [-0.1, -0.05) is 51.1 Å². The topological polar surface area (TPSA) is 64.4 Å². The second-order valence-corrected chi connectivity index (χ2v) is 9.63. The average Bonchev–Trinajstić information content (AvgIpc) is 2.71. The van der Waals surface area contributed by atoms with Crippen molar-refractivity contribution in [2.45, 2.75) is 51.0 Å². The first kappa shape index (κ1) is 20.8. The molecule has 0 bridgehead atoms. The van der Waals surface area contributed by atoms with Gasteiger partial charge >= 0.3 is 0 Å². The predicted molar refractivity (Wildman–Crippen MR) is 115 cm³/mol. The fourth-order valence-electron chi connectivity index (χ4n) is 4.48. The van der Waals surface area contributed by atoms with Crippen LogP contribution in [-0.2, 0) is 26.9 Å². The number of hydrogen-bond acceptors (Lipinski definition) is 4. The summed E-state index contributed by atoms with van der Waals surface area (Å²) < 4.78 is 7.13. The molecule has 2 aromatic rings. The minimum absolute atomic E-state index is 0.0852. The first-order chi connectivity index (χ1) is 14.3. The molecule has 6 nitrogen and oxygen atoms in total. The zero-order valence-electron chi connectivity index (χ0n) is 18.1. The quantitative estimate of drug-likeness (QED) is 0.779. The number of nitrogens with zero attached hydrogens (tertiary/aromatic N) is 3. The molecule has 2 aliphatic heterocycles. The highest BCUT2D eigenvalue weighted by molar-refractivity contribution is 5.89. The molecule has 0 atom stereocenters. The maximum Gasteiger partial charge on any atom is 0.266 e. The van der Waals surface area contributed by atoms with Crippen LogP contribution in [0.3, 0.4) is 0 Å². The molecular weight excluding hydrogens is 378 g/mol. The van der Waals surface area contributed by atoms with Crippen molar-refractivity contribution in [2.24, 2.45) is 5.92 Å². The van der Waals surface area contributed by atoms with Crippen LogP contribution in [-0.4, -0.2) is 46.9 Å². The van der Waals surface area contributed by atoms with Gasteiger partial charge in [-0.2, -0.15) is 5.10 Å². The Morgan fingerprint density at radius 2 is 1.77 bits per heavy atom. The van der Waals surface area contributed by atoms with Gasteiger partial charge in [-0.05, 0) is 24.5 Å². The van der Waals surface area contributed by atoms with E-state index in [4.69, 9.17) is 4.74 Å². The number of likely N-dealkylation sites (tertiary alicyclic amines) is 1. The van der Waals surface area contributed by atoms with Gasteiger partial charge in [0.2, 0.25) is 5.91 Å². The molecule has 1 aromatic carbocycles. The monoisotopic (exact) mass is 409 g/mol. The Labute approximate surface area is 177 Å². The lowest BCUT2D eigenvalue weighted by atomic mass is 9.72. The van der Waals surface area contributed by atoms with Crippen molar-refractivity contribution in [2.75, 3.05) is 26.3 Å². The Kier molecular flexibility index (Phi) is 5.53. The summed E-state index contributed by atoms with van der Waals surface area (Å²) in [5.41, 5.74) is 1.29. The summed E-state index contributed by atoms with van der Waals surface area (Å²) in [6, 6.07) is 13.5. The van der Waals surface area contributed by atoms with Gasteiger partial charge in [-0.25, -0.2) is 4.68 Å². The second kappa shape index (κ2) is 7.99. The minimum Gasteiger partial charge on any atom is -0.381 e. The van der Waals surface area contributed by atoms with Crippen molar-refractivity contribution in [3.05, 3.63) is 64.1 Å². The van der Waals surface area contributed by atoms with Crippen LogP contribution in [0.1, 0.15) is 44.9 Å². The molecule has 1 aromatic heterocycles. The molecule has 2 saturated heterocycles. The zero-order valence-corrected chi connectivity index (χ0v) is 18.1. The third kappa shape index (κ3) is 3.93. The summed E-state index contributed by atoms with van der Waals surface area (Å²) in [7, 11) is 0. The summed E-state index contributed by atoms with van der Waals surface area (Å²) in [6.45, 7) is 9.37. The lowest BCUT2D eigenvalue weighted by Gasteiger charge is -2.46. The number of hydrogen-bond donors (Lipinski definition) is 0. The molecule has 2 fully saturated rings. The molecule has 3 heterocycles. The highest BCUT2D eigenvalue weighted by atomic mass is 16.5. The Balaban J connectivity index is 1.46. The molecule has 2 aliphatic rings. The minimum atomic E-state index is -0.494. The molecular formula is C24H31N3O3.